The van der Waals surface area contributed by atoms with E-state index in [0.717, 1.165) is 24.6 Å². The molecule has 0 bridgehead atoms. The number of hydrogen-bond acceptors (Lipinski definition) is 3. The van der Waals surface area contributed by atoms with Crippen molar-refractivity contribution in [3.63, 3.8) is 0 Å². The number of rotatable bonds is 6. The zero-order valence-electron chi connectivity index (χ0n) is 7.83. The summed E-state index contributed by atoms with van der Waals surface area (Å²) in [6.45, 7) is 0.693. The van der Waals surface area contributed by atoms with Gasteiger partial charge in [0.15, 0.2) is 5.69 Å². The Balaban J connectivity index is 2.10. The lowest BCUT2D eigenvalue weighted by Crippen LogP contribution is -2.24. The van der Waals surface area contributed by atoms with Crippen LogP contribution in [0.15, 0.2) is 16.9 Å². The van der Waals surface area contributed by atoms with Crippen LogP contribution in [-0.4, -0.2) is 22.9 Å². The average molecular weight is 261 g/mol. The molecule has 0 spiro atoms. The van der Waals surface area contributed by atoms with E-state index in [2.05, 4.69) is 30.9 Å². The molecule has 0 unspecified atom stereocenters. The zero-order valence-corrected chi connectivity index (χ0v) is 9.42. The van der Waals surface area contributed by atoms with Gasteiger partial charge in [-0.2, -0.15) is 0 Å². The van der Waals surface area contributed by atoms with Crippen molar-refractivity contribution in [2.45, 2.75) is 19.3 Å². The Hall–Kier alpha value is -0.840. The molecular weight excluding hydrogens is 248 g/mol. The second-order valence-corrected chi connectivity index (χ2v) is 3.68. The Morgan fingerprint density at radius 3 is 3.00 bits per heavy atom. The largest absolute Gasteiger partial charge is 0.364 e. The Morgan fingerprint density at radius 1 is 1.50 bits per heavy atom. The van der Waals surface area contributed by atoms with Crippen LogP contribution < -0.4 is 5.32 Å². The molecule has 1 N–H and O–H groups in total. The molecule has 0 fully saturated rings. The van der Waals surface area contributed by atoms with Gasteiger partial charge in [-0.05, 0) is 12.8 Å². The van der Waals surface area contributed by atoms with Crippen molar-refractivity contribution in [2.24, 2.45) is 0 Å². The number of unbranched alkanes of at least 4 members (excludes halogenated alkanes) is 2. The van der Waals surface area contributed by atoms with E-state index in [4.69, 9.17) is 0 Å². The first kappa shape index (κ1) is 11.2. The zero-order chi connectivity index (χ0) is 10.2. The van der Waals surface area contributed by atoms with Gasteiger partial charge in [0.05, 0.1) is 0 Å². The van der Waals surface area contributed by atoms with Gasteiger partial charge in [-0.25, -0.2) is 0 Å². The summed E-state index contributed by atoms with van der Waals surface area (Å²) in [7, 11) is 0. The molecule has 0 aromatic carbocycles. The number of carbonyl (C=O) groups is 1. The number of hydrogen-bond donors (Lipinski definition) is 1. The van der Waals surface area contributed by atoms with E-state index in [-0.39, 0.29) is 5.91 Å². The van der Waals surface area contributed by atoms with E-state index in [1.165, 1.54) is 6.26 Å². The maximum atomic E-state index is 11.3. The Bertz CT molecular complexity index is 262. The van der Waals surface area contributed by atoms with Crippen molar-refractivity contribution < 1.29 is 9.32 Å². The van der Waals surface area contributed by atoms with Crippen molar-refractivity contribution in [2.75, 3.05) is 11.9 Å². The molecule has 14 heavy (non-hydrogen) atoms. The van der Waals surface area contributed by atoms with E-state index in [1.54, 1.807) is 6.07 Å². The third-order valence-electron chi connectivity index (χ3n) is 1.77. The number of carbonyl (C=O) groups excluding carboxylic acids is 1. The fourth-order valence-electron chi connectivity index (χ4n) is 1.02. The minimum absolute atomic E-state index is 0.169. The lowest BCUT2D eigenvalue weighted by molar-refractivity contribution is 0.0944. The summed E-state index contributed by atoms with van der Waals surface area (Å²) in [5, 5.41) is 7.32. The molecular formula is C9H13BrN2O2. The Labute approximate surface area is 91.2 Å². The minimum atomic E-state index is -0.169. The third-order valence-corrected chi connectivity index (χ3v) is 2.33. The van der Waals surface area contributed by atoms with Crippen LogP contribution in [0.1, 0.15) is 29.8 Å². The van der Waals surface area contributed by atoms with E-state index < -0.39 is 0 Å². The van der Waals surface area contributed by atoms with Crippen molar-refractivity contribution >= 4 is 21.8 Å². The molecule has 1 aromatic heterocycles. The van der Waals surface area contributed by atoms with E-state index >= 15 is 0 Å². The van der Waals surface area contributed by atoms with Gasteiger partial charge in [-0.3, -0.25) is 4.79 Å². The first-order valence-corrected chi connectivity index (χ1v) is 5.71. The molecule has 0 radical (unpaired) electrons. The fourth-order valence-corrected chi connectivity index (χ4v) is 1.41. The molecule has 1 aromatic rings. The van der Waals surface area contributed by atoms with Crippen LogP contribution >= 0.6 is 15.9 Å². The smallest absolute Gasteiger partial charge is 0.273 e. The van der Waals surface area contributed by atoms with Gasteiger partial charge < -0.3 is 9.84 Å². The molecule has 1 rings (SSSR count). The summed E-state index contributed by atoms with van der Waals surface area (Å²) in [5.41, 5.74) is 0.338. The quantitative estimate of drug-likeness (QED) is 0.629. The number of nitrogens with zero attached hydrogens (tertiary/aromatic N) is 1. The van der Waals surface area contributed by atoms with Crippen molar-refractivity contribution in [3.05, 3.63) is 18.0 Å². The van der Waals surface area contributed by atoms with Crippen LogP contribution in [0.2, 0.25) is 0 Å². The Kier molecular flexibility index (Phi) is 5.29. The lowest BCUT2D eigenvalue weighted by atomic mass is 10.2. The monoisotopic (exact) mass is 260 g/mol. The normalized spacial score (nSPS) is 10.1. The highest BCUT2D eigenvalue weighted by molar-refractivity contribution is 9.09. The van der Waals surface area contributed by atoms with Crippen LogP contribution in [0, 0.1) is 0 Å². The van der Waals surface area contributed by atoms with Crippen LogP contribution in [0.5, 0.6) is 0 Å². The SMILES string of the molecule is O=C(NCCCCCBr)c1ccon1. The van der Waals surface area contributed by atoms with E-state index in [0.29, 0.717) is 12.2 Å². The fraction of sp³-hybridized carbons (Fsp3) is 0.556. The Morgan fingerprint density at radius 2 is 2.36 bits per heavy atom. The molecule has 78 valence electrons. The summed E-state index contributed by atoms with van der Waals surface area (Å²) in [6.07, 6.45) is 4.64. The van der Waals surface area contributed by atoms with Gasteiger partial charge in [0, 0.05) is 17.9 Å². The van der Waals surface area contributed by atoms with Gasteiger partial charge in [-0.15, -0.1) is 0 Å². The molecule has 4 nitrogen and oxygen atoms in total. The van der Waals surface area contributed by atoms with E-state index in [9.17, 15) is 4.79 Å². The van der Waals surface area contributed by atoms with Crippen molar-refractivity contribution in [1.29, 1.82) is 0 Å². The predicted molar refractivity (Wildman–Crippen MR) is 56.5 cm³/mol. The molecule has 1 heterocycles. The van der Waals surface area contributed by atoms with Crippen LogP contribution in [0.3, 0.4) is 0 Å². The molecule has 0 aliphatic carbocycles. The van der Waals surface area contributed by atoms with Gasteiger partial charge >= 0.3 is 0 Å². The maximum absolute atomic E-state index is 11.3. The molecule has 0 aliphatic rings. The first-order chi connectivity index (χ1) is 6.84. The summed E-state index contributed by atoms with van der Waals surface area (Å²) in [4.78, 5) is 11.3. The van der Waals surface area contributed by atoms with Crippen LogP contribution in [0.25, 0.3) is 0 Å². The highest BCUT2D eigenvalue weighted by Crippen LogP contribution is 1.98. The molecule has 5 heteroatoms. The summed E-state index contributed by atoms with van der Waals surface area (Å²) < 4.78 is 4.56. The van der Waals surface area contributed by atoms with Gasteiger partial charge in [0.2, 0.25) is 0 Å². The lowest BCUT2D eigenvalue weighted by Gasteiger charge is -2.01. The van der Waals surface area contributed by atoms with E-state index in [1.807, 2.05) is 0 Å². The number of alkyl halides is 1. The summed E-state index contributed by atoms with van der Waals surface area (Å²) in [5.74, 6) is -0.169. The van der Waals surface area contributed by atoms with Gasteiger partial charge in [0.25, 0.3) is 5.91 Å². The van der Waals surface area contributed by atoms with Crippen molar-refractivity contribution in [1.82, 2.24) is 10.5 Å². The highest BCUT2D eigenvalue weighted by atomic mass is 79.9. The van der Waals surface area contributed by atoms with Gasteiger partial charge in [-0.1, -0.05) is 27.5 Å². The van der Waals surface area contributed by atoms with Gasteiger partial charge in [0.1, 0.15) is 6.26 Å². The molecule has 0 aliphatic heterocycles. The minimum Gasteiger partial charge on any atom is -0.364 e. The topological polar surface area (TPSA) is 55.1 Å². The third kappa shape index (κ3) is 3.91. The van der Waals surface area contributed by atoms with Crippen molar-refractivity contribution in [3.8, 4) is 0 Å². The second-order valence-electron chi connectivity index (χ2n) is 2.89. The number of nitrogens with one attached hydrogen (secondary N) is 1. The standard InChI is InChI=1S/C9H13BrN2O2/c10-5-2-1-3-6-11-9(13)8-4-7-14-12-8/h4,7H,1-3,5-6H2,(H,11,13). The predicted octanol–water partition coefficient (Wildman–Crippen LogP) is 1.97. The highest BCUT2D eigenvalue weighted by Gasteiger charge is 2.06. The van der Waals surface area contributed by atoms with Crippen LogP contribution in [-0.2, 0) is 0 Å². The van der Waals surface area contributed by atoms with Crippen LogP contribution in [0.4, 0.5) is 0 Å². The maximum Gasteiger partial charge on any atom is 0.273 e. The summed E-state index contributed by atoms with van der Waals surface area (Å²) in [6, 6.07) is 1.55. The second kappa shape index (κ2) is 6.59. The number of halogens is 1. The first-order valence-electron chi connectivity index (χ1n) is 4.59. The molecule has 0 atom stereocenters. The molecule has 1 amide bonds. The number of amides is 1. The average Bonchev–Trinajstić information content (AvgIpc) is 2.70. The summed E-state index contributed by atoms with van der Waals surface area (Å²) >= 11 is 3.35. The molecule has 0 saturated heterocycles. The number of aromatic nitrogens is 1. The molecule has 0 saturated carbocycles.